The maximum Gasteiger partial charge on any atom is 0.0827 e. The van der Waals surface area contributed by atoms with Crippen molar-refractivity contribution >= 4 is 0 Å². The maximum absolute atomic E-state index is 7.00. The molecule has 0 fully saturated rings. The van der Waals surface area contributed by atoms with Crippen LogP contribution in [0.5, 0.6) is 0 Å². The molecular formula is C40H59N7O2. The molecule has 0 saturated heterocycles. The highest BCUT2D eigenvalue weighted by molar-refractivity contribution is 5.43. The van der Waals surface area contributed by atoms with Crippen molar-refractivity contribution in [2.24, 2.45) is 0 Å². The molecule has 0 saturated carbocycles. The molecule has 3 aliphatic rings. The Hall–Kier alpha value is -3.82. The molecule has 12 bridgehead atoms. The van der Waals surface area contributed by atoms with Gasteiger partial charge in [-0.1, -0.05) is 30.9 Å². The Morgan fingerprint density at radius 3 is 1.29 bits per heavy atom. The largest absolute Gasteiger partial charge is 0.400 e. The lowest BCUT2D eigenvalue weighted by Crippen LogP contribution is -2.29. The van der Waals surface area contributed by atoms with Crippen LogP contribution in [-0.2, 0) is 34.6 Å². The van der Waals surface area contributed by atoms with Crippen LogP contribution in [-0.4, -0.2) is 59.4 Å². The molecule has 3 aliphatic heterocycles. The van der Waals surface area contributed by atoms with Gasteiger partial charge in [0.25, 0.3) is 0 Å². The number of aromatic nitrogens is 7. The molecule has 8 rings (SSSR count). The van der Waals surface area contributed by atoms with Crippen molar-refractivity contribution in [2.75, 3.05) is 14.2 Å². The summed E-state index contributed by atoms with van der Waals surface area (Å²) in [5.41, 5.74) is 10.4. The second-order valence-electron chi connectivity index (χ2n) is 15.4. The molecule has 0 radical (unpaired) electrons. The number of aliphatic hydroxyl groups excluding tert-OH is 2. The Bertz CT molecular complexity index is 1560. The van der Waals surface area contributed by atoms with E-state index in [1.807, 2.05) is 4.68 Å². The van der Waals surface area contributed by atoms with Gasteiger partial charge in [0.1, 0.15) is 0 Å². The van der Waals surface area contributed by atoms with Gasteiger partial charge in [0.15, 0.2) is 0 Å². The minimum Gasteiger partial charge on any atom is -0.400 e. The van der Waals surface area contributed by atoms with Crippen LogP contribution in [0.3, 0.4) is 0 Å². The van der Waals surface area contributed by atoms with Crippen LogP contribution in [0.2, 0.25) is 0 Å². The smallest absolute Gasteiger partial charge is 0.0827 e. The topological polar surface area (TPSA) is 134 Å². The monoisotopic (exact) mass is 669 g/mol. The lowest BCUT2D eigenvalue weighted by Gasteiger charge is -2.31. The van der Waals surface area contributed by atoms with Gasteiger partial charge in [-0.3, -0.25) is 4.68 Å². The number of nitrogens with one attached hydrogen (secondary N) is 4. The van der Waals surface area contributed by atoms with Gasteiger partial charge in [-0.15, -0.1) is 5.10 Å². The van der Waals surface area contributed by atoms with E-state index in [1.54, 1.807) is 0 Å². The van der Waals surface area contributed by atoms with E-state index in [4.69, 9.17) is 10.2 Å². The lowest BCUT2D eigenvalue weighted by atomic mass is 9.78. The summed E-state index contributed by atoms with van der Waals surface area (Å²) in [7, 11) is 2.00. The molecule has 0 amide bonds. The van der Waals surface area contributed by atoms with Crippen molar-refractivity contribution < 1.29 is 10.2 Å². The zero-order chi connectivity index (χ0) is 35.5. The number of aromatic amines is 4. The fourth-order valence-electron chi connectivity index (χ4n) is 7.90. The Kier molecular flexibility index (Phi) is 10.8. The fourth-order valence-corrected chi connectivity index (χ4v) is 7.90. The van der Waals surface area contributed by atoms with Gasteiger partial charge in [-0.25, -0.2) is 0 Å². The zero-order valence-electron chi connectivity index (χ0n) is 31.0. The van der Waals surface area contributed by atoms with Crippen LogP contribution >= 0.6 is 0 Å². The third-order valence-corrected chi connectivity index (χ3v) is 11.6. The van der Waals surface area contributed by atoms with Gasteiger partial charge in [-0.2, -0.15) is 0 Å². The molecule has 0 aliphatic carbocycles. The van der Waals surface area contributed by atoms with Crippen LogP contribution < -0.4 is 0 Å². The van der Waals surface area contributed by atoms with Crippen molar-refractivity contribution in [3.05, 3.63) is 106 Å². The van der Waals surface area contributed by atoms with Crippen LogP contribution in [0.15, 0.2) is 54.7 Å². The van der Waals surface area contributed by atoms with E-state index < -0.39 is 0 Å². The normalized spacial score (nSPS) is 23.4. The highest BCUT2D eigenvalue weighted by atomic mass is 16.2. The van der Waals surface area contributed by atoms with E-state index >= 15 is 0 Å². The first kappa shape index (κ1) is 36.5. The van der Waals surface area contributed by atoms with Crippen LogP contribution in [0.1, 0.15) is 144 Å². The van der Waals surface area contributed by atoms with E-state index in [0.717, 1.165) is 84.2 Å². The fraction of sp³-hybridized carbons (Fsp3) is 0.550. The molecule has 5 aromatic heterocycles. The van der Waals surface area contributed by atoms with E-state index in [1.165, 1.54) is 45.6 Å². The van der Waals surface area contributed by atoms with Gasteiger partial charge < -0.3 is 30.1 Å². The number of fused-ring (bicyclic) bond motifs is 8. The number of rotatable bonds is 0. The number of aliphatic hydroxyl groups is 2. The lowest BCUT2D eigenvalue weighted by molar-refractivity contribution is 0.399. The summed E-state index contributed by atoms with van der Waals surface area (Å²) in [6.07, 6.45) is 12.1. The molecule has 0 atom stereocenters. The molecule has 8 heterocycles. The standard InChI is InChI=1S/C38H51N7.2CH4O/c1-35(2)27-14-18-31(39-27)37(5)22-10-7-9-13-26-25-45(44-43-26)24-12-8-11-23-38(6,33-20-16-29(35)41-33)34-21-17-30(42-34)36(3,4)28-15-19-32(37)40-28;2*1-2/h14-21,25,39-42H,7-13,22-24H2,1-6H3;2*2H,1H3. The highest BCUT2D eigenvalue weighted by Crippen LogP contribution is 2.43. The van der Waals surface area contributed by atoms with Crippen LogP contribution in [0.4, 0.5) is 0 Å². The summed E-state index contributed by atoms with van der Waals surface area (Å²) >= 11 is 0. The second kappa shape index (κ2) is 14.6. The van der Waals surface area contributed by atoms with Gasteiger partial charge in [0.2, 0.25) is 0 Å². The molecule has 0 aromatic carbocycles. The highest BCUT2D eigenvalue weighted by Gasteiger charge is 2.39. The van der Waals surface area contributed by atoms with E-state index in [0.29, 0.717) is 0 Å². The predicted octanol–water partition coefficient (Wildman–Crippen LogP) is 7.76. The minimum absolute atomic E-state index is 0.180. The van der Waals surface area contributed by atoms with E-state index in [2.05, 4.69) is 127 Å². The van der Waals surface area contributed by atoms with Crippen LogP contribution in [0.25, 0.3) is 0 Å². The maximum atomic E-state index is 7.00. The molecule has 266 valence electrons. The molecule has 9 heteroatoms. The molecule has 9 nitrogen and oxygen atoms in total. The number of H-pyrrole nitrogens is 4. The second-order valence-corrected chi connectivity index (χ2v) is 15.4. The van der Waals surface area contributed by atoms with Crippen molar-refractivity contribution in [1.29, 1.82) is 0 Å². The molecule has 5 aromatic rings. The zero-order valence-corrected chi connectivity index (χ0v) is 31.0. The molecule has 0 spiro atoms. The quantitative estimate of drug-likeness (QED) is 0.101. The van der Waals surface area contributed by atoms with Crippen molar-refractivity contribution in [2.45, 2.75) is 128 Å². The van der Waals surface area contributed by atoms with Gasteiger partial charge in [0.05, 0.1) is 5.69 Å². The number of hydrogen-bond donors (Lipinski definition) is 6. The summed E-state index contributed by atoms with van der Waals surface area (Å²) in [6, 6.07) is 18.6. The Morgan fingerprint density at radius 2 is 0.878 bits per heavy atom. The van der Waals surface area contributed by atoms with Crippen molar-refractivity contribution in [3.8, 4) is 0 Å². The molecule has 0 unspecified atom stereocenters. The van der Waals surface area contributed by atoms with Crippen LogP contribution in [0, 0.1) is 0 Å². The Morgan fingerprint density at radius 1 is 0.510 bits per heavy atom. The van der Waals surface area contributed by atoms with Gasteiger partial charge >= 0.3 is 0 Å². The predicted molar refractivity (Wildman–Crippen MR) is 197 cm³/mol. The van der Waals surface area contributed by atoms with Gasteiger partial charge in [0, 0.05) is 94.2 Å². The Labute approximate surface area is 292 Å². The first-order valence-electron chi connectivity index (χ1n) is 18.1. The first-order chi connectivity index (χ1) is 23.5. The number of hydrogen-bond acceptors (Lipinski definition) is 4. The summed E-state index contributed by atoms with van der Waals surface area (Å²) in [6.45, 7) is 15.1. The third-order valence-electron chi connectivity index (χ3n) is 11.6. The summed E-state index contributed by atoms with van der Waals surface area (Å²) in [4.78, 5) is 15.8. The summed E-state index contributed by atoms with van der Waals surface area (Å²) < 4.78 is 2.05. The average Bonchev–Trinajstić information content (AvgIpc) is 3.94. The first-order valence-corrected chi connectivity index (χ1v) is 18.1. The minimum atomic E-state index is -0.204. The number of aryl methyl sites for hydroxylation is 2. The molecule has 49 heavy (non-hydrogen) atoms. The van der Waals surface area contributed by atoms with E-state index in [9.17, 15) is 0 Å². The summed E-state index contributed by atoms with van der Waals surface area (Å²) in [5, 5.41) is 23.0. The Balaban J connectivity index is 0.00000113. The average molecular weight is 670 g/mol. The molecular weight excluding hydrogens is 610 g/mol. The third kappa shape index (κ3) is 6.84. The van der Waals surface area contributed by atoms with Crippen molar-refractivity contribution in [3.63, 3.8) is 0 Å². The molecule has 6 N–H and O–H groups in total. The SMILES string of the molecule is CC1(C)c2ccc([nH]2)C2(C)CCCCCc3cn(nn3)CCCCCC(C)(c3ccc1[nH]3)c1ccc([nH]1)C(C)(C)c1ccc2[nH]1.CO.CO. The number of nitrogens with zero attached hydrogens (tertiary/aromatic N) is 3. The van der Waals surface area contributed by atoms with Crippen molar-refractivity contribution in [1.82, 2.24) is 34.9 Å². The summed E-state index contributed by atoms with van der Waals surface area (Å²) in [5.74, 6) is 0. The van der Waals surface area contributed by atoms with Gasteiger partial charge in [-0.05, 0) is 122 Å². The van der Waals surface area contributed by atoms with E-state index in [-0.39, 0.29) is 21.7 Å².